The lowest BCUT2D eigenvalue weighted by Gasteiger charge is -2.04. The van der Waals surface area contributed by atoms with Crippen molar-refractivity contribution in [3.8, 4) is 0 Å². The first-order chi connectivity index (χ1) is 12.0. The van der Waals surface area contributed by atoms with Crippen LogP contribution in [-0.4, -0.2) is 38.1 Å². The maximum absolute atomic E-state index is 12.3. The number of aromatic nitrogens is 4. The number of anilines is 1. The molecule has 1 amide bonds. The number of carbonyl (C=O) groups is 2. The number of ether oxygens (including phenoxy) is 1. The number of benzene rings is 1. The number of amides is 1. The molecule has 0 aliphatic carbocycles. The lowest BCUT2D eigenvalue weighted by molar-refractivity contribution is 0.0526. The minimum atomic E-state index is -0.452. The summed E-state index contributed by atoms with van der Waals surface area (Å²) in [5.74, 6) is -0.457. The van der Waals surface area contributed by atoms with Crippen molar-refractivity contribution in [1.29, 1.82) is 0 Å². The molecular weight excluding hydrogens is 322 g/mol. The van der Waals surface area contributed by atoms with Crippen LogP contribution in [0.2, 0.25) is 0 Å². The second-order valence-corrected chi connectivity index (χ2v) is 5.44. The molecule has 3 rings (SSSR count). The molecule has 1 N–H and O–H groups in total. The van der Waals surface area contributed by atoms with E-state index in [1.165, 1.54) is 4.52 Å². The molecule has 128 valence electrons. The number of hydrogen-bond acceptors (Lipinski definition) is 6. The maximum atomic E-state index is 12.3. The number of aryl methyl sites for hydroxylation is 2. The predicted molar refractivity (Wildman–Crippen MR) is 90.6 cm³/mol. The zero-order valence-corrected chi connectivity index (χ0v) is 14.1. The fraction of sp³-hybridized carbons (Fsp3) is 0.235. The van der Waals surface area contributed by atoms with Gasteiger partial charge in [0.25, 0.3) is 11.7 Å². The zero-order chi connectivity index (χ0) is 18.0. The molecule has 0 saturated carbocycles. The third-order valence-electron chi connectivity index (χ3n) is 3.48. The Morgan fingerprint density at radius 1 is 1.16 bits per heavy atom. The summed E-state index contributed by atoms with van der Waals surface area (Å²) in [6.07, 6.45) is 0. The van der Waals surface area contributed by atoms with Crippen LogP contribution in [0, 0.1) is 13.8 Å². The summed E-state index contributed by atoms with van der Waals surface area (Å²) in [6.45, 7) is 5.77. The van der Waals surface area contributed by atoms with Gasteiger partial charge in [0.15, 0.2) is 0 Å². The van der Waals surface area contributed by atoms with Gasteiger partial charge in [0.2, 0.25) is 5.82 Å². The second kappa shape index (κ2) is 6.68. The molecule has 0 atom stereocenters. The molecule has 0 radical (unpaired) electrons. The summed E-state index contributed by atoms with van der Waals surface area (Å²) in [4.78, 5) is 32.4. The normalized spacial score (nSPS) is 10.7. The van der Waals surface area contributed by atoms with Crippen molar-refractivity contribution >= 4 is 23.3 Å². The monoisotopic (exact) mass is 339 g/mol. The van der Waals surface area contributed by atoms with E-state index in [4.69, 9.17) is 4.74 Å². The van der Waals surface area contributed by atoms with Crippen LogP contribution in [-0.2, 0) is 4.74 Å². The molecule has 0 saturated heterocycles. The quantitative estimate of drug-likeness (QED) is 0.732. The number of rotatable bonds is 4. The molecule has 0 aliphatic heterocycles. The fourth-order valence-electron chi connectivity index (χ4n) is 2.35. The molecule has 0 bridgehead atoms. The average Bonchev–Trinajstić information content (AvgIpc) is 3.00. The van der Waals surface area contributed by atoms with Gasteiger partial charge in [-0.2, -0.15) is 4.98 Å². The third-order valence-corrected chi connectivity index (χ3v) is 3.48. The van der Waals surface area contributed by atoms with Crippen LogP contribution in [0.5, 0.6) is 0 Å². The molecule has 0 spiro atoms. The molecule has 8 nitrogen and oxygen atoms in total. The van der Waals surface area contributed by atoms with Gasteiger partial charge in [-0.3, -0.25) is 4.79 Å². The highest BCUT2D eigenvalue weighted by Gasteiger charge is 2.15. The van der Waals surface area contributed by atoms with E-state index in [9.17, 15) is 9.59 Å². The Hall–Kier alpha value is -3.29. The highest BCUT2D eigenvalue weighted by Crippen LogP contribution is 2.12. The predicted octanol–water partition coefficient (Wildman–Crippen LogP) is 2.17. The van der Waals surface area contributed by atoms with E-state index in [1.54, 1.807) is 31.2 Å². The summed E-state index contributed by atoms with van der Waals surface area (Å²) in [5, 5.41) is 6.87. The van der Waals surface area contributed by atoms with Crippen LogP contribution in [0.4, 0.5) is 5.69 Å². The van der Waals surface area contributed by atoms with Crippen LogP contribution >= 0.6 is 0 Å². The van der Waals surface area contributed by atoms with Crippen LogP contribution < -0.4 is 5.32 Å². The highest BCUT2D eigenvalue weighted by molar-refractivity contribution is 6.02. The molecule has 0 unspecified atom stereocenters. The molecule has 8 heteroatoms. The van der Waals surface area contributed by atoms with E-state index >= 15 is 0 Å². The van der Waals surface area contributed by atoms with Crippen molar-refractivity contribution < 1.29 is 14.3 Å². The summed E-state index contributed by atoms with van der Waals surface area (Å²) >= 11 is 0. The Bertz CT molecular complexity index is 947. The van der Waals surface area contributed by atoms with E-state index in [2.05, 4.69) is 20.4 Å². The lowest BCUT2D eigenvalue weighted by atomic mass is 10.2. The minimum Gasteiger partial charge on any atom is -0.462 e. The van der Waals surface area contributed by atoms with Crippen molar-refractivity contribution in [2.75, 3.05) is 11.9 Å². The van der Waals surface area contributed by atoms with Gasteiger partial charge in [-0.15, -0.1) is 5.10 Å². The minimum absolute atomic E-state index is 0.0238. The van der Waals surface area contributed by atoms with E-state index in [0.29, 0.717) is 23.6 Å². The number of esters is 1. The van der Waals surface area contributed by atoms with Gasteiger partial charge in [0, 0.05) is 17.1 Å². The van der Waals surface area contributed by atoms with Crippen LogP contribution in [0.1, 0.15) is 39.3 Å². The first-order valence-corrected chi connectivity index (χ1v) is 7.77. The van der Waals surface area contributed by atoms with Gasteiger partial charge < -0.3 is 10.1 Å². The van der Waals surface area contributed by atoms with Crippen molar-refractivity contribution in [3.63, 3.8) is 0 Å². The second-order valence-electron chi connectivity index (χ2n) is 5.44. The van der Waals surface area contributed by atoms with Crippen LogP contribution in [0.25, 0.3) is 5.78 Å². The SMILES string of the molecule is CCOC(=O)c1ccc(NC(=O)c2nc3nc(C)cc(C)n3n2)cc1. The van der Waals surface area contributed by atoms with E-state index < -0.39 is 11.9 Å². The Kier molecular flexibility index (Phi) is 4.42. The van der Waals surface area contributed by atoms with Gasteiger partial charge in [0.1, 0.15) is 0 Å². The summed E-state index contributed by atoms with van der Waals surface area (Å²) in [7, 11) is 0. The van der Waals surface area contributed by atoms with Gasteiger partial charge in [0.05, 0.1) is 12.2 Å². The number of nitrogens with one attached hydrogen (secondary N) is 1. The number of fused-ring (bicyclic) bond motifs is 1. The Morgan fingerprint density at radius 2 is 1.88 bits per heavy atom. The van der Waals surface area contributed by atoms with Gasteiger partial charge in [-0.25, -0.2) is 14.3 Å². The van der Waals surface area contributed by atoms with Crippen molar-refractivity contribution in [2.24, 2.45) is 0 Å². The molecular formula is C17H17N5O3. The highest BCUT2D eigenvalue weighted by atomic mass is 16.5. The zero-order valence-electron chi connectivity index (χ0n) is 14.1. The molecule has 1 aromatic carbocycles. The molecule has 2 aromatic heterocycles. The maximum Gasteiger partial charge on any atom is 0.338 e. The van der Waals surface area contributed by atoms with Crippen molar-refractivity contribution in [2.45, 2.75) is 20.8 Å². The van der Waals surface area contributed by atoms with E-state index in [0.717, 1.165) is 11.4 Å². The van der Waals surface area contributed by atoms with E-state index in [1.807, 2.05) is 19.9 Å². The molecule has 25 heavy (non-hydrogen) atoms. The van der Waals surface area contributed by atoms with Crippen molar-refractivity contribution in [1.82, 2.24) is 19.6 Å². The molecule has 3 aromatic rings. The van der Waals surface area contributed by atoms with Gasteiger partial charge in [-0.1, -0.05) is 0 Å². The first-order valence-electron chi connectivity index (χ1n) is 7.77. The number of hydrogen-bond donors (Lipinski definition) is 1. The molecule has 0 fully saturated rings. The average molecular weight is 339 g/mol. The Labute approximate surface area is 143 Å². The molecule has 2 heterocycles. The lowest BCUT2D eigenvalue weighted by Crippen LogP contribution is -2.14. The molecule has 0 aliphatic rings. The van der Waals surface area contributed by atoms with E-state index in [-0.39, 0.29) is 5.82 Å². The van der Waals surface area contributed by atoms with Crippen LogP contribution in [0.3, 0.4) is 0 Å². The Balaban J connectivity index is 1.78. The first kappa shape index (κ1) is 16.6. The number of carbonyl (C=O) groups excluding carboxylic acids is 2. The largest absolute Gasteiger partial charge is 0.462 e. The topological polar surface area (TPSA) is 98.5 Å². The van der Waals surface area contributed by atoms with Crippen molar-refractivity contribution in [3.05, 3.63) is 53.1 Å². The summed E-state index contributed by atoms with van der Waals surface area (Å²) in [5.41, 5.74) is 2.59. The smallest absolute Gasteiger partial charge is 0.338 e. The summed E-state index contributed by atoms with van der Waals surface area (Å²) in [6, 6.07) is 8.26. The number of nitrogens with zero attached hydrogens (tertiary/aromatic N) is 4. The third kappa shape index (κ3) is 3.47. The fourth-order valence-corrected chi connectivity index (χ4v) is 2.35. The standard InChI is InChI=1S/C17H17N5O3/c1-4-25-16(24)12-5-7-13(8-6-12)19-15(23)14-20-17-18-10(2)9-11(3)22(17)21-14/h5-9H,4H2,1-3H3,(H,19,23). The van der Waals surface area contributed by atoms with Crippen LogP contribution in [0.15, 0.2) is 30.3 Å². The Morgan fingerprint density at radius 3 is 2.56 bits per heavy atom. The van der Waals surface area contributed by atoms with Gasteiger partial charge >= 0.3 is 5.97 Å². The van der Waals surface area contributed by atoms with Gasteiger partial charge in [-0.05, 0) is 51.1 Å². The summed E-state index contributed by atoms with van der Waals surface area (Å²) < 4.78 is 6.44.